The Kier molecular flexibility index (Phi) is 7.16. The number of nitrogen functional groups attached to an aromatic ring is 1. The summed E-state index contributed by atoms with van der Waals surface area (Å²) in [4.78, 5) is 26.4. The first-order valence-corrected chi connectivity index (χ1v) is 11.1. The Hall–Kier alpha value is -4.52. The van der Waals surface area contributed by atoms with E-state index in [1.54, 1.807) is 24.4 Å². The van der Waals surface area contributed by atoms with Crippen molar-refractivity contribution < 1.29 is 13.9 Å². The molecule has 0 bridgehead atoms. The van der Waals surface area contributed by atoms with Gasteiger partial charge in [0.2, 0.25) is 6.19 Å². The second-order valence-corrected chi connectivity index (χ2v) is 8.16. The number of ether oxygens (including phenoxy) is 1. The van der Waals surface area contributed by atoms with E-state index in [-0.39, 0.29) is 29.9 Å². The van der Waals surface area contributed by atoms with Gasteiger partial charge in [0.05, 0.1) is 0 Å². The first-order valence-electron chi connectivity index (χ1n) is 11.1. The minimum Gasteiger partial charge on any atom is -0.425 e. The Morgan fingerprint density at radius 2 is 1.91 bits per heavy atom. The number of piperidine rings is 1. The monoisotopic (exact) mass is 473 g/mol. The van der Waals surface area contributed by atoms with Crippen LogP contribution in [0.3, 0.4) is 0 Å². The smallest absolute Gasteiger partial charge is 0.308 e. The zero-order chi connectivity index (χ0) is 24.7. The summed E-state index contributed by atoms with van der Waals surface area (Å²) in [7, 11) is 0. The Bertz CT molecular complexity index is 1250. The van der Waals surface area contributed by atoms with E-state index in [0.717, 1.165) is 5.56 Å². The van der Waals surface area contributed by atoms with E-state index >= 15 is 0 Å². The molecular formula is C25H24FN7O2. The van der Waals surface area contributed by atoms with Gasteiger partial charge < -0.3 is 20.7 Å². The zero-order valence-electron chi connectivity index (χ0n) is 18.9. The van der Waals surface area contributed by atoms with Gasteiger partial charge in [-0.1, -0.05) is 30.3 Å². The molecule has 10 heteroatoms. The van der Waals surface area contributed by atoms with Gasteiger partial charge in [0.15, 0.2) is 11.5 Å². The fourth-order valence-electron chi connectivity index (χ4n) is 4.16. The molecule has 1 aliphatic rings. The van der Waals surface area contributed by atoms with Crippen molar-refractivity contribution in [3.05, 3.63) is 84.1 Å². The van der Waals surface area contributed by atoms with Crippen molar-refractivity contribution in [2.45, 2.75) is 18.3 Å². The van der Waals surface area contributed by atoms with Crippen LogP contribution in [0.2, 0.25) is 0 Å². The van der Waals surface area contributed by atoms with Gasteiger partial charge in [-0.25, -0.2) is 14.4 Å². The van der Waals surface area contributed by atoms with Crippen LogP contribution in [-0.2, 0) is 5.41 Å². The zero-order valence-corrected chi connectivity index (χ0v) is 18.9. The molecule has 1 aromatic heterocycles. The molecule has 0 aliphatic carbocycles. The summed E-state index contributed by atoms with van der Waals surface area (Å²) >= 11 is 0. The average Bonchev–Trinajstić information content (AvgIpc) is 2.88. The fraction of sp³-hybridized carbons (Fsp3) is 0.240. The summed E-state index contributed by atoms with van der Waals surface area (Å²) in [6.07, 6.45) is 5.71. The molecule has 0 radical (unpaired) electrons. The van der Waals surface area contributed by atoms with Crippen LogP contribution in [0.4, 0.5) is 10.2 Å². The Morgan fingerprint density at radius 3 is 2.60 bits per heavy atom. The third-order valence-corrected chi connectivity index (χ3v) is 6.05. The van der Waals surface area contributed by atoms with Crippen LogP contribution in [0.5, 0.6) is 5.75 Å². The SMILES string of the molecule is N#C/N=C(/Oc1ccccc1)N1CCC(CNC(=O)c2nccnc2N)(c2cccc(F)c2)CC1. The summed E-state index contributed by atoms with van der Waals surface area (Å²) in [5.41, 5.74) is 6.04. The number of rotatable bonds is 5. The lowest BCUT2D eigenvalue weighted by molar-refractivity contribution is 0.0926. The lowest BCUT2D eigenvalue weighted by Gasteiger charge is -2.42. The van der Waals surface area contributed by atoms with Crippen molar-refractivity contribution in [1.29, 1.82) is 5.26 Å². The van der Waals surface area contributed by atoms with Crippen LogP contribution >= 0.6 is 0 Å². The molecule has 1 saturated heterocycles. The molecule has 178 valence electrons. The number of hydrogen-bond donors (Lipinski definition) is 2. The van der Waals surface area contributed by atoms with E-state index < -0.39 is 11.3 Å². The summed E-state index contributed by atoms with van der Waals surface area (Å²) in [5, 5.41) is 12.1. The molecule has 3 N–H and O–H groups in total. The Morgan fingerprint density at radius 1 is 1.17 bits per heavy atom. The molecule has 1 aliphatic heterocycles. The largest absolute Gasteiger partial charge is 0.425 e. The van der Waals surface area contributed by atoms with Crippen LogP contribution < -0.4 is 15.8 Å². The molecule has 1 fully saturated rings. The van der Waals surface area contributed by atoms with E-state index in [4.69, 9.17) is 10.5 Å². The number of aromatic nitrogens is 2. The number of para-hydroxylation sites is 1. The van der Waals surface area contributed by atoms with Crippen molar-refractivity contribution in [1.82, 2.24) is 20.2 Å². The first kappa shape index (κ1) is 23.6. The number of carbonyl (C=O) groups excluding carboxylic acids is 1. The number of amides is 1. The number of likely N-dealkylation sites (tertiary alicyclic amines) is 1. The van der Waals surface area contributed by atoms with Gasteiger partial charge in [0.25, 0.3) is 5.91 Å². The van der Waals surface area contributed by atoms with E-state index in [1.165, 1.54) is 24.5 Å². The molecule has 0 spiro atoms. The molecule has 1 amide bonds. The predicted octanol–water partition coefficient (Wildman–Crippen LogP) is 2.88. The summed E-state index contributed by atoms with van der Waals surface area (Å²) in [6, 6.07) is 15.7. The number of nitrogens with one attached hydrogen (secondary N) is 1. The van der Waals surface area contributed by atoms with Gasteiger partial charge in [0.1, 0.15) is 11.6 Å². The average molecular weight is 474 g/mol. The van der Waals surface area contributed by atoms with Gasteiger partial charge >= 0.3 is 6.02 Å². The fourth-order valence-corrected chi connectivity index (χ4v) is 4.16. The number of benzene rings is 2. The van der Waals surface area contributed by atoms with Crippen molar-refractivity contribution in [2.24, 2.45) is 4.99 Å². The standard InChI is InChI=1S/C25H24FN7O2/c26-19-6-4-5-18(15-19)25(16-31-23(34)21-22(28)30-12-11-29-21)9-13-33(14-10-25)24(32-17-27)35-20-7-2-1-3-8-20/h1-8,11-12,15H,9-10,13-14,16H2,(H2,28,30)(H,31,34)/b32-24+. The highest BCUT2D eigenvalue weighted by atomic mass is 19.1. The van der Waals surface area contributed by atoms with Crippen LogP contribution in [0.1, 0.15) is 28.9 Å². The number of nitrogens with zero attached hydrogens (tertiary/aromatic N) is 5. The molecule has 3 aromatic rings. The highest BCUT2D eigenvalue weighted by molar-refractivity contribution is 5.96. The van der Waals surface area contributed by atoms with Crippen molar-refractivity contribution in [3.8, 4) is 11.9 Å². The van der Waals surface area contributed by atoms with E-state index in [1.807, 2.05) is 29.2 Å². The summed E-state index contributed by atoms with van der Waals surface area (Å²) in [6.45, 7) is 1.20. The molecule has 2 aromatic carbocycles. The number of carbonyl (C=O) groups is 1. The number of nitriles is 1. The quantitative estimate of drug-likeness (QED) is 0.331. The number of aliphatic imine (C=N–C) groups is 1. The normalized spacial score (nSPS) is 15.2. The third kappa shape index (κ3) is 5.52. The minimum atomic E-state index is -0.560. The van der Waals surface area contributed by atoms with Gasteiger partial charge in [-0.15, -0.1) is 4.99 Å². The molecule has 0 atom stereocenters. The van der Waals surface area contributed by atoms with Crippen LogP contribution in [0, 0.1) is 17.3 Å². The van der Waals surface area contributed by atoms with Crippen LogP contribution in [0.15, 0.2) is 72.0 Å². The molecular weight excluding hydrogens is 449 g/mol. The molecule has 0 saturated carbocycles. The van der Waals surface area contributed by atoms with Gasteiger partial charge in [-0.2, -0.15) is 5.26 Å². The predicted molar refractivity (Wildman–Crippen MR) is 128 cm³/mol. The molecule has 4 rings (SSSR count). The van der Waals surface area contributed by atoms with Gasteiger partial charge in [0, 0.05) is 37.4 Å². The maximum absolute atomic E-state index is 14.1. The topological polar surface area (TPSA) is 130 Å². The van der Waals surface area contributed by atoms with Crippen molar-refractivity contribution >= 4 is 17.7 Å². The second-order valence-electron chi connectivity index (χ2n) is 8.16. The van der Waals surface area contributed by atoms with E-state index in [0.29, 0.717) is 31.7 Å². The highest BCUT2D eigenvalue weighted by Crippen LogP contribution is 2.36. The van der Waals surface area contributed by atoms with Crippen LogP contribution in [0.25, 0.3) is 0 Å². The number of hydrogen-bond acceptors (Lipinski definition) is 7. The second kappa shape index (κ2) is 10.6. The molecule has 2 heterocycles. The number of anilines is 1. The molecule has 35 heavy (non-hydrogen) atoms. The first-order chi connectivity index (χ1) is 17.0. The molecule has 0 unspecified atom stereocenters. The Labute approximate surface area is 202 Å². The number of amidine groups is 1. The Balaban J connectivity index is 1.53. The number of halogens is 1. The van der Waals surface area contributed by atoms with Crippen LogP contribution in [-0.4, -0.2) is 46.4 Å². The third-order valence-electron chi connectivity index (χ3n) is 6.05. The lowest BCUT2D eigenvalue weighted by atomic mass is 9.72. The lowest BCUT2D eigenvalue weighted by Crippen LogP contribution is -2.51. The van der Waals surface area contributed by atoms with E-state index in [2.05, 4.69) is 20.3 Å². The highest BCUT2D eigenvalue weighted by Gasteiger charge is 2.38. The van der Waals surface area contributed by atoms with Gasteiger partial charge in [-0.05, 0) is 42.7 Å². The summed E-state index contributed by atoms with van der Waals surface area (Å²) in [5.74, 6) is -0.201. The minimum absolute atomic E-state index is 0.0371. The van der Waals surface area contributed by atoms with Crippen molar-refractivity contribution in [3.63, 3.8) is 0 Å². The molecule has 9 nitrogen and oxygen atoms in total. The number of nitrogens with two attached hydrogens (primary N) is 1. The maximum Gasteiger partial charge on any atom is 0.308 e. The summed E-state index contributed by atoms with van der Waals surface area (Å²) < 4.78 is 20.0. The van der Waals surface area contributed by atoms with Crippen molar-refractivity contribution in [2.75, 3.05) is 25.4 Å². The maximum atomic E-state index is 14.1. The van der Waals surface area contributed by atoms with Gasteiger partial charge in [-0.3, -0.25) is 4.79 Å². The van der Waals surface area contributed by atoms with E-state index in [9.17, 15) is 14.4 Å².